The van der Waals surface area contributed by atoms with E-state index >= 15 is 0 Å². The minimum Gasteiger partial charge on any atom is -0.312 e. The van der Waals surface area contributed by atoms with Crippen LogP contribution in [0.4, 0.5) is 0 Å². The van der Waals surface area contributed by atoms with Crippen molar-refractivity contribution in [1.82, 2.24) is 9.47 Å². The molecule has 2 aliphatic heterocycles. The normalized spacial score (nSPS) is 24.0. The SMILES string of the molecule is O=c1cccc2n1C[C@@H]1C[C@H]2CN(CCc2ccccc2)C1. The number of hydrogen-bond donors (Lipinski definition) is 0. The highest BCUT2D eigenvalue weighted by atomic mass is 16.1. The predicted molar refractivity (Wildman–Crippen MR) is 88.1 cm³/mol. The Balaban J connectivity index is 1.48. The molecule has 3 heterocycles. The second-order valence-electron chi connectivity index (χ2n) is 6.69. The number of pyridine rings is 1. The Hall–Kier alpha value is -1.87. The first-order chi connectivity index (χ1) is 10.8. The van der Waals surface area contributed by atoms with Crippen LogP contribution in [0.2, 0.25) is 0 Å². The van der Waals surface area contributed by atoms with Crippen molar-refractivity contribution >= 4 is 0 Å². The Labute approximate surface area is 131 Å². The van der Waals surface area contributed by atoms with E-state index in [2.05, 4.69) is 41.3 Å². The summed E-state index contributed by atoms with van der Waals surface area (Å²) in [6.07, 6.45) is 2.35. The van der Waals surface area contributed by atoms with E-state index in [1.54, 1.807) is 6.07 Å². The molecule has 0 unspecified atom stereocenters. The predicted octanol–water partition coefficient (Wildman–Crippen LogP) is 2.51. The zero-order chi connectivity index (χ0) is 14.9. The topological polar surface area (TPSA) is 25.2 Å². The average Bonchev–Trinajstić information content (AvgIpc) is 2.55. The van der Waals surface area contributed by atoms with E-state index in [-0.39, 0.29) is 5.56 Å². The minimum atomic E-state index is 0.171. The van der Waals surface area contributed by atoms with Crippen LogP contribution in [0.3, 0.4) is 0 Å². The van der Waals surface area contributed by atoms with Crippen molar-refractivity contribution in [2.75, 3.05) is 19.6 Å². The minimum absolute atomic E-state index is 0.171. The summed E-state index contributed by atoms with van der Waals surface area (Å²) in [5, 5.41) is 0. The van der Waals surface area contributed by atoms with Crippen molar-refractivity contribution in [3.8, 4) is 0 Å². The number of nitrogens with zero attached hydrogens (tertiary/aromatic N) is 2. The largest absolute Gasteiger partial charge is 0.312 e. The van der Waals surface area contributed by atoms with E-state index in [4.69, 9.17) is 0 Å². The molecule has 0 aliphatic carbocycles. The third-order valence-electron chi connectivity index (χ3n) is 5.11. The molecule has 1 aromatic carbocycles. The van der Waals surface area contributed by atoms with Crippen LogP contribution < -0.4 is 5.56 Å². The number of benzene rings is 1. The number of rotatable bonds is 3. The van der Waals surface area contributed by atoms with Gasteiger partial charge >= 0.3 is 0 Å². The maximum absolute atomic E-state index is 12.0. The molecule has 0 spiro atoms. The van der Waals surface area contributed by atoms with E-state index in [0.29, 0.717) is 11.8 Å². The van der Waals surface area contributed by atoms with Crippen molar-refractivity contribution in [3.05, 3.63) is 70.1 Å². The van der Waals surface area contributed by atoms with Gasteiger partial charge in [-0.2, -0.15) is 0 Å². The summed E-state index contributed by atoms with van der Waals surface area (Å²) in [6.45, 7) is 4.23. The van der Waals surface area contributed by atoms with E-state index in [9.17, 15) is 4.79 Å². The van der Waals surface area contributed by atoms with Crippen molar-refractivity contribution in [3.63, 3.8) is 0 Å². The average molecular weight is 294 g/mol. The van der Waals surface area contributed by atoms with Crippen LogP contribution in [0, 0.1) is 5.92 Å². The molecule has 3 heteroatoms. The van der Waals surface area contributed by atoms with Gasteiger partial charge in [-0.25, -0.2) is 0 Å². The zero-order valence-corrected chi connectivity index (χ0v) is 12.8. The summed E-state index contributed by atoms with van der Waals surface area (Å²) in [7, 11) is 0. The molecule has 2 aromatic rings. The highest BCUT2D eigenvalue weighted by molar-refractivity contribution is 5.18. The van der Waals surface area contributed by atoms with E-state index in [0.717, 1.165) is 32.6 Å². The fraction of sp³-hybridized carbons (Fsp3) is 0.421. The monoisotopic (exact) mass is 294 g/mol. The third kappa shape index (κ3) is 2.61. The number of likely N-dealkylation sites (tertiary alicyclic amines) is 1. The Kier molecular flexibility index (Phi) is 3.59. The lowest BCUT2D eigenvalue weighted by molar-refractivity contribution is 0.121. The van der Waals surface area contributed by atoms with Gasteiger partial charge in [-0.3, -0.25) is 4.79 Å². The molecule has 0 N–H and O–H groups in total. The number of hydrogen-bond acceptors (Lipinski definition) is 2. The first-order valence-corrected chi connectivity index (χ1v) is 8.25. The van der Waals surface area contributed by atoms with Crippen molar-refractivity contribution in [2.45, 2.75) is 25.3 Å². The molecule has 0 radical (unpaired) electrons. The Morgan fingerprint density at radius 2 is 1.82 bits per heavy atom. The van der Waals surface area contributed by atoms with Gasteiger partial charge in [0.1, 0.15) is 0 Å². The fourth-order valence-electron chi connectivity index (χ4n) is 4.11. The van der Waals surface area contributed by atoms with Crippen molar-refractivity contribution in [1.29, 1.82) is 0 Å². The highest BCUT2D eigenvalue weighted by Gasteiger charge is 2.34. The lowest BCUT2D eigenvalue weighted by atomic mass is 9.83. The van der Waals surface area contributed by atoms with Crippen LogP contribution in [-0.4, -0.2) is 29.1 Å². The van der Waals surface area contributed by atoms with Gasteiger partial charge < -0.3 is 9.47 Å². The first-order valence-electron chi connectivity index (χ1n) is 8.25. The van der Waals surface area contributed by atoms with Gasteiger partial charge in [0, 0.05) is 43.9 Å². The molecule has 22 heavy (non-hydrogen) atoms. The maximum atomic E-state index is 12.0. The number of fused-ring (bicyclic) bond motifs is 4. The van der Waals surface area contributed by atoms with Crippen LogP contribution in [0.1, 0.15) is 23.6 Å². The highest BCUT2D eigenvalue weighted by Crippen LogP contribution is 2.34. The molecular formula is C19H22N2O. The van der Waals surface area contributed by atoms with Crippen LogP contribution in [-0.2, 0) is 13.0 Å². The first kappa shape index (κ1) is 13.8. The summed E-state index contributed by atoms with van der Waals surface area (Å²) in [6, 6.07) is 16.5. The summed E-state index contributed by atoms with van der Waals surface area (Å²) in [5.74, 6) is 1.15. The molecular weight excluding hydrogens is 272 g/mol. The van der Waals surface area contributed by atoms with Crippen LogP contribution in [0.5, 0.6) is 0 Å². The van der Waals surface area contributed by atoms with Gasteiger partial charge in [0.25, 0.3) is 5.56 Å². The van der Waals surface area contributed by atoms with Crippen LogP contribution in [0.15, 0.2) is 53.3 Å². The quantitative estimate of drug-likeness (QED) is 0.869. The smallest absolute Gasteiger partial charge is 0.250 e. The van der Waals surface area contributed by atoms with Crippen LogP contribution >= 0.6 is 0 Å². The third-order valence-corrected chi connectivity index (χ3v) is 5.11. The second kappa shape index (κ2) is 5.73. The van der Waals surface area contributed by atoms with E-state index in [1.807, 2.05) is 10.6 Å². The van der Waals surface area contributed by atoms with Gasteiger partial charge in [-0.15, -0.1) is 0 Å². The molecule has 1 aromatic heterocycles. The Morgan fingerprint density at radius 1 is 0.955 bits per heavy atom. The molecule has 2 aliphatic rings. The van der Waals surface area contributed by atoms with E-state index in [1.165, 1.54) is 17.7 Å². The molecule has 4 rings (SSSR count). The zero-order valence-electron chi connectivity index (χ0n) is 12.8. The van der Waals surface area contributed by atoms with Gasteiger partial charge in [-0.1, -0.05) is 36.4 Å². The molecule has 2 bridgehead atoms. The lowest BCUT2D eigenvalue weighted by Gasteiger charge is -2.42. The molecule has 2 atom stereocenters. The van der Waals surface area contributed by atoms with Gasteiger partial charge in [0.05, 0.1) is 0 Å². The molecule has 114 valence electrons. The summed E-state index contributed by atoms with van der Waals surface area (Å²) < 4.78 is 2.01. The molecule has 0 amide bonds. The summed E-state index contributed by atoms with van der Waals surface area (Å²) in [4.78, 5) is 14.6. The summed E-state index contributed by atoms with van der Waals surface area (Å²) in [5.41, 5.74) is 2.83. The number of aromatic nitrogens is 1. The molecule has 1 saturated heterocycles. The van der Waals surface area contributed by atoms with Gasteiger partial charge in [0.15, 0.2) is 0 Å². The fourth-order valence-corrected chi connectivity index (χ4v) is 4.11. The number of piperidine rings is 1. The van der Waals surface area contributed by atoms with Crippen LogP contribution in [0.25, 0.3) is 0 Å². The molecule has 0 saturated carbocycles. The Morgan fingerprint density at radius 3 is 2.68 bits per heavy atom. The second-order valence-corrected chi connectivity index (χ2v) is 6.69. The molecule has 1 fully saturated rings. The maximum Gasteiger partial charge on any atom is 0.250 e. The van der Waals surface area contributed by atoms with Crippen molar-refractivity contribution in [2.24, 2.45) is 5.92 Å². The standard InChI is InChI=1S/C19H22N2O/c22-19-8-4-7-18-17-11-16(13-21(18)19)12-20(14-17)10-9-15-5-2-1-3-6-15/h1-8,16-17H,9-14H2/t16-,17+/m1/s1. The van der Waals surface area contributed by atoms with Gasteiger partial charge in [0.2, 0.25) is 0 Å². The van der Waals surface area contributed by atoms with E-state index < -0.39 is 0 Å². The van der Waals surface area contributed by atoms with Gasteiger partial charge in [-0.05, 0) is 30.4 Å². The summed E-state index contributed by atoms with van der Waals surface area (Å²) >= 11 is 0. The van der Waals surface area contributed by atoms with Crippen molar-refractivity contribution < 1.29 is 0 Å². The lowest BCUT2D eigenvalue weighted by Crippen LogP contribution is -2.47. The molecule has 3 nitrogen and oxygen atoms in total. The Bertz CT molecular complexity index is 707.